The number of pyridine rings is 1. The molecule has 0 unspecified atom stereocenters. The highest BCUT2D eigenvalue weighted by Gasteiger charge is 2.18. The minimum atomic E-state index is -0.260. The highest BCUT2D eigenvalue weighted by atomic mass is 35.5. The highest BCUT2D eigenvalue weighted by Crippen LogP contribution is 2.28. The number of nitrogens with zero attached hydrogens (tertiary/aromatic N) is 2. The van der Waals surface area contributed by atoms with E-state index in [1.165, 1.54) is 0 Å². The zero-order chi connectivity index (χ0) is 17.1. The molecule has 0 aliphatic heterocycles. The first-order valence-corrected chi connectivity index (χ1v) is 7.83. The fourth-order valence-electron chi connectivity index (χ4n) is 2.60. The molecule has 6 nitrogen and oxygen atoms in total. The molecule has 2 heterocycles. The fourth-order valence-corrected chi connectivity index (χ4v) is 2.83. The summed E-state index contributed by atoms with van der Waals surface area (Å²) in [5.41, 5.74) is 14.2. The van der Waals surface area contributed by atoms with Gasteiger partial charge in [0, 0.05) is 18.3 Å². The molecule has 3 rings (SSSR count). The van der Waals surface area contributed by atoms with E-state index < -0.39 is 0 Å². The van der Waals surface area contributed by atoms with Crippen molar-refractivity contribution in [2.45, 2.75) is 19.6 Å². The molecule has 4 N–H and O–H groups in total. The zero-order valence-electron chi connectivity index (χ0n) is 12.9. The average molecular weight is 345 g/mol. The molecule has 3 aromatic rings. The summed E-state index contributed by atoms with van der Waals surface area (Å²) in [4.78, 5) is 12.3. The van der Waals surface area contributed by atoms with Gasteiger partial charge in [0.15, 0.2) is 5.76 Å². The van der Waals surface area contributed by atoms with E-state index in [0.717, 1.165) is 5.56 Å². The summed E-state index contributed by atoms with van der Waals surface area (Å²) in [6.07, 6.45) is 1.73. The van der Waals surface area contributed by atoms with Gasteiger partial charge in [-0.2, -0.15) is 0 Å². The van der Waals surface area contributed by atoms with Crippen LogP contribution in [0, 0.1) is 0 Å². The van der Waals surface area contributed by atoms with E-state index in [9.17, 15) is 4.79 Å². The largest absolute Gasteiger partial charge is 0.359 e. The van der Waals surface area contributed by atoms with Crippen LogP contribution in [-0.4, -0.2) is 9.72 Å². The minimum absolute atomic E-state index is 0.121. The first-order chi connectivity index (χ1) is 11.6. The minimum Gasteiger partial charge on any atom is -0.359 e. The maximum Gasteiger partial charge on any atom is 0.269 e. The Kier molecular flexibility index (Phi) is 4.80. The standard InChI is InChI=1S/C17H17ClN4O2/c18-13-6-12(16-14(7-19)21-24-15(16)8-20)10-22(17(13)23)9-11-4-2-1-3-5-11/h1-6,10H,7-9,19-20H2. The van der Waals surface area contributed by atoms with Crippen LogP contribution in [0.15, 0.2) is 51.9 Å². The van der Waals surface area contributed by atoms with Gasteiger partial charge in [-0.15, -0.1) is 0 Å². The lowest BCUT2D eigenvalue weighted by Crippen LogP contribution is -2.21. The summed E-state index contributed by atoms with van der Waals surface area (Å²) < 4.78 is 6.79. The van der Waals surface area contributed by atoms with Crippen LogP contribution in [0.2, 0.25) is 5.02 Å². The zero-order valence-corrected chi connectivity index (χ0v) is 13.7. The van der Waals surface area contributed by atoms with Crippen LogP contribution in [0.25, 0.3) is 11.1 Å². The van der Waals surface area contributed by atoms with Crippen LogP contribution in [0.1, 0.15) is 17.0 Å². The van der Waals surface area contributed by atoms with Crippen molar-refractivity contribution in [3.8, 4) is 11.1 Å². The number of halogens is 1. The van der Waals surface area contributed by atoms with Crippen molar-refractivity contribution in [1.82, 2.24) is 9.72 Å². The predicted octanol–water partition coefficient (Wildman–Crippen LogP) is 2.12. The average Bonchev–Trinajstić information content (AvgIpc) is 3.02. The van der Waals surface area contributed by atoms with Crippen molar-refractivity contribution >= 4 is 11.6 Å². The molecule has 1 aromatic carbocycles. The lowest BCUT2D eigenvalue weighted by atomic mass is 10.0. The molecule has 0 aliphatic carbocycles. The van der Waals surface area contributed by atoms with Crippen LogP contribution in [0.4, 0.5) is 0 Å². The Morgan fingerprint density at radius 2 is 1.92 bits per heavy atom. The van der Waals surface area contributed by atoms with E-state index in [2.05, 4.69) is 5.16 Å². The summed E-state index contributed by atoms with van der Waals surface area (Å²) in [6.45, 7) is 0.792. The van der Waals surface area contributed by atoms with Crippen molar-refractivity contribution in [3.05, 3.63) is 75.0 Å². The number of hydrogen-bond acceptors (Lipinski definition) is 5. The molecule has 2 aromatic heterocycles. The third-order valence-corrected chi connectivity index (χ3v) is 4.01. The molecule has 124 valence electrons. The molecule has 24 heavy (non-hydrogen) atoms. The van der Waals surface area contributed by atoms with Crippen LogP contribution < -0.4 is 17.0 Å². The van der Waals surface area contributed by atoms with Gasteiger partial charge >= 0.3 is 0 Å². The summed E-state index contributed by atoms with van der Waals surface area (Å²) in [7, 11) is 0. The molecular formula is C17H17ClN4O2. The van der Waals surface area contributed by atoms with Gasteiger partial charge in [0.25, 0.3) is 5.56 Å². The molecular weight excluding hydrogens is 328 g/mol. The van der Waals surface area contributed by atoms with Crippen LogP contribution in [-0.2, 0) is 19.6 Å². The van der Waals surface area contributed by atoms with E-state index in [1.807, 2.05) is 30.3 Å². The highest BCUT2D eigenvalue weighted by molar-refractivity contribution is 6.30. The second-order valence-corrected chi connectivity index (χ2v) is 5.74. The third-order valence-electron chi connectivity index (χ3n) is 3.74. The van der Waals surface area contributed by atoms with E-state index in [1.54, 1.807) is 16.8 Å². The molecule has 0 saturated heterocycles. The molecule has 0 spiro atoms. The van der Waals surface area contributed by atoms with E-state index in [0.29, 0.717) is 29.1 Å². The van der Waals surface area contributed by atoms with Gasteiger partial charge < -0.3 is 20.6 Å². The SMILES string of the molecule is NCc1noc(CN)c1-c1cc(Cl)c(=O)n(Cc2ccccc2)c1. The molecule has 7 heteroatoms. The number of hydrogen-bond donors (Lipinski definition) is 2. The Balaban J connectivity index is 2.11. The lowest BCUT2D eigenvalue weighted by Gasteiger charge is -2.10. The first kappa shape index (κ1) is 16.4. The summed E-state index contributed by atoms with van der Waals surface area (Å²) >= 11 is 6.15. The number of nitrogens with two attached hydrogens (primary N) is 2. The summed E-state index contributed by atoms with van der Waals surface area (Å²) in [5.74, 6) is 0.511. The molecule has 0 amide bonds. The monoisotopic (exact) mass is 344 g/mol. The molecule has 0 saturated carbocycles. The number of rotatable bonds is 5. The maximum atomic E-state index is 12.3. The van der Waals surface area contributed by atoms with E-state index in [-0.39, 0.29) is 23.7 Å². The van der Waals surface area contributed by atoms with Crippen molar-refractivity contribution < 1.29 is 4.52 Å². The van der Waals surface area contributed by atoms with Crippen LogP contribution in [0.3, 0.4) is 0 Å². The maximum absolute atomic E-state index is 12.3. The van der Waals surface area contributed by atoms with E-state index >= 15 is 0 Å². The van der Waals surface area contributed by atoms with Crippen LogP contribution >= 0.6 is 11.6 Å². The predicted molar refractivity (Wildman–Crippen MR) is 92.5 cm³/mol. The van der Waals surface area contributed by atoms with Crippen molar-refractivity contribution in [2.75, 3.05) is 0 Å². The van der Waals surface area contributed by atoms with Crippen molar-refractivity contribution in [2.24, 2.45) is 11.5 Å². The molecule has 0 aliphatic rings. The summed E-state index contributed by atoms with van der Waals surface area (Å²) in [5, 5.41) is 4.06. The Labute approximate surface area is 143 Å². The quantitative estimate of drug-likeness (QED) is 0.738. The lowest BCUT2D eigenvalue weighted by molar-refractivity contribution is 0.379. The normalized spacial score (nSPS) is 11.0. The van der Waals surface area contributed by atoms with Crippen LogP contribution in [0.5, 0.6) is 0 Å². The molecule has 0 radical (unpaired) electrons. The smallest absolute Gasteiger partial charge is 0.269 e. The molecule has 0 atom stereocenters. The van der Waals surface area contributed by atoms with Crippen molar-refractivity contribution in [1.29, 1.82) is 0 Å². The van der Waals surface area contributed by atoms with E-state index in [4.69, 9.17) is 27.6 Å². The van der Waals surface area contributed by atoms with Gasteiger partial charge in [-0.1, -0.05) is 47.1 Å². The number of benzene rings is 1. The van der Waals surface area contributed by atoms with Gasteiger partial charge in [-0.3, -0.25) is 4.79 Å². The topological polar surface area (TPSA) is 100 Å². The van der Waals surface area contributed by atoms with Gasteiger partial charge in [0.05, 0.1) is 18.7 Å². The van der Waals surface area contributed by atoms with Gasteiger partial charge in [-0.05, 0) is 11.6 Å². The Morgan fingerprint density at radius 1 is 1.17 bits per heavy atom. The third kappa shape index (κ3) is 3.12. The Morgan fingerprint density at radius 3 is 2.58 bits per heavy atom. The Bertz CT molecular complexity index is 881. The van der Waals surface area contributed by atoms with Gasteiger partial charge in [0.2, 0.25) is 0 Å². The fraction of sp³-hybridized carbons (Fsp3) is 0.176. The second-order valence-electron chi connectivity index (χ2n) is 5.33. The second kappa shape index (κ2) is 7.00. The van der Waals surface area contributed by atoms with Gasteiger partial charge in [0.1, 0.15) is 10.7 Å². The molecule has 0 fully saturated rings. The first-order valence-electron chi connectivity index (χ1n) is 7.46. The Hall–Kier alpha value is -2.41. The van der Waals surface area contributed by atoms with Gasteiger partial charge in [-0.25, -0.2) is 0 Å². The van der Waals surface area contributed by atoms with Crippen molar-refractivity contribution in [3.63, 3.8) is 0 Å². The molecule has 0 bridgehead atoms. The summed E-state index contributed by atoms with van der Waals surface area (Å²) in [6, 6.07) is 11.3. The number of aromatic nitrogens is 2.